The lowest BCUT2D eigenvalue weighted by Crippen LogP contribution is -2.41. The molecule has 1 aromatic carbocycles. The zero-order valence-corrected chi connectivity index (χ0v) is 13.3. The molecule has 2 heteroatoms. The van der Waals surface area contributed by atoms with Crippen LogP contribution in [-0.2, 0) is 6.42 Å². The Morgan fingerprint density at radius 2 is 1.81 bits per heavy atom. The summed E-state index contributed by atoms with van der Waals surface area (Å²) in [4.78, 5) is 2.74. The molecule has 1 unspecified atom stereocenters. The molecule has 1 atom stereocenters. The van der Waals surface area contributed by atoms with E-state index >= 15 is 0 Å². The van der Waals surface area contributed by atoms with Gasteiger partial charge >= 0.3 is 0 Å². The van der Waals surface area contributed by atoms with Gasteiger partial charge in [0.05, 0.1) is 0 Å². The van der Waals surface area contributed by atoms with Gasteiger partial charge in [-0.3, -0.25) is 0 Å². The normalized spacial score (nSPS) is 25.6. The third-order valence-electron chi connectivity index (χ3n) is 5.13. The Balaban J connectivity index is 1.53. The van der Waals surface area contributed by atoms with Crippen molar-refractivity contribution >= 4 is 0 Å². The summed E-state index contributed by atoms with van der Waals surface area (Å²) < 4.78 is 0. The van der Waals surface area contributed by atoms with Crippen molar-refractivity contribution in [1.29, 1.82) is 0 Å². The molecule has 0 aromatic heterocycles. The summed E-state index contributed by atoms with van der Waals surface area (Å²) in [5, 5.41) is 3.76. The van der Waals surface area contributed by atoms with Gasteiger partial charge in [0.2, 0.25) is 0 Å². The Kier molecular flexibility index (Phi) is 5.70. The molecule has 3 rings (SSSR count). The van der Waals surface area contributed by atoms with E-state index in [0.717, 1.165) is 5.92 Å². The largest absolute Gasteiger partial charge is 0.312 e. The summed E-state index contributed by atoms with van der Waals surface area (Å²) >= 11 is 0. The van der Waals surface area contributed by atoms with Gasteiger partial charge in [-0.25, -0.2) is 0 Å². The third kappa shape index (κ3) is 4.82. The van der Waals surface area contributed by atoms with Crippen molar-refractivity contribution in [3.05, 3.63) is 35.9 Å². The van der Waals surface area contributed by atoms with Crippen molar-refractivity contribution in [2.45, 2.75) is 51.0 Å². The van der Waals surface area contributed by atoms with E-state index in [1.54, 1.807) is 0 Å². The molecule has 1 saturated heterocycles. The molecular weight excluding hydrogens is 256 g/mol. The molecule has 116 valence electrons. The molecule has 21 heavy (non-hydrogen) atoms. The number of hydrogen-bond acceptors (Lipinski definition) is 2. The van der Waals surface area contributed by atoms with E-state index < -0.39 is 0 Å². The van der Waals surface area contributed by atoms with Gasteiger partial charge in [-0.15, -0.1) is 0 Å². The van der Waals surface area contributed by atoms with Crippen LogP contribution in [0.4, 0.5) is 0 Å². The van der Waals surface area contributed by atoms with E-state index in [4.69, 9.17) is 0 Å². The van der Waals surface area contributed by atoms with Crippen molar-refractivity contribution < 1.29 is 0 Å². The highest BCUT2D eigenvalue weighted by molar-refractivity contribution is 5.16. The molecule has 2 nitrogen and oxygen atoms in total. The minimum atomic E-state index is 0.624. The topological polar surface area (TPSA) is 15.3 Å². The number of hydrogen-bond donors (Lipinski definition) is 1. The Morgan fingerprint density at radius 1 is 1.00 bits per heavy atom. The molecule has 0 amide bonds. The standard InChI is InChI=1S/C19H30N2/c1-3-8-17(9-4-1)14-19-16-21(13-7-12-20-19)15-18-10-5-2-6-11-18/h1,3-4,8-9,18-20H,2,5-7,10-16H2. The maximum atomic E-state index is 3.76. The third-order valence-corrected chi connectivity index (χ3v) is 5.13. The smallest absolute Gasteiger partial charge is 0.0235 e. The lowest BCUT2D eigenvalue weighted by molar-refractivity contribution is 0.197. The number of nitrogens with one attached hydrogen (secondary N) is 1. The zero-order valence-electron chi connectivity index (χ0n) is 13.3. The second-order valence-corrected chi connectivity index (χ2v) is 6.96. The van der Waals surface area contributed by atoms with Crippen LogP contribution in [0.15, 0.2) is 30.3 Å². The minimum Gasteiger partial charge on any atom is -0.312 e. The highest BCUT2D eigenvalue weighted by Crippen LogP contribution is 2.24. The van der Waals surface area contributed by atoms with Crippen LogP contribution in [0, 0.1) is 5.92 Å². The van der Waals surface area contributed by atoms with E-state index in [1.165, 1.54) is 76.7 Å². The molecule has 1 saturated carbocycles. The van der Waals surface area contributed by atoms with Gasteiger partial charge in [0, 0.05) is 19.1 Å². The average Bonchev–Trinajstić information content (AvgIpc) is 2.74. The quantitative estimate of drug-likeness (QED) is 0.911. The van der Waals surface area contributed by atoms with E-state index in [2.05, 4.69) is 40.5 Å². The van der Waals surface area contributed by atoms with Gasteiger partial charge in [0.15, 0.2) is 0 Å². The maximum absolute atomic E-state index is 3.76. The van der Waals surface area contributed by atoms with Gasteiger partial charge in [0.25, 0.3) is 0 Å². The van der Waals surface area contributed by atoms with E-state index in [9.17, 15) is 0 Å². The fraction of sp³-hybridized carbons (Fsp3) is 0.684. The zero-order chi connectivity index (χ0) is 14.3. The van der Waals surface area contributed by atoms with Crippen LogP contribution < -0.4 is 5.32 Å². The molecule has 0 bridgehead atoms. The average molecular weight is 286 g/mol. The predicted octanol–water partition coefficient (Wildman–Crippen LogP) is 3.47. The van der Waals surface area contributed by atoms with Crippen LogP contribution in [0.5, 0.6) is 0 Å². The minimum absolute atomic E-state index is 0.624. The Bertz CT molecular complexity index is 397. The number of benzene rings is 1. The van der Waals surface area contributed by atoms with Gasteiger partial charge in [-0.1, -0.05) is 49.6 Å². The summed E-state index contributed by atoms with van der Waals surface area (Å²) in [6, 6.07) is 11.6. The lowest BCUT2D eigenvalue weighted by atomic mass is 9.89. The molecule has 2 aliphatic rings. The van der Waals surface area contributed by atoms with Gasteiger partial charge in [0.1, 0.15) is 0 Å². The summed E-state index contributed by atoms with van der Waals surface area (Å²) in [6.07, 6.45) is 9.80. The van der Waals surface area contributed by atoms with E-state index in [1.807, 2.05) is 0 Å². The monoisotopic (exact) mass is 286 g/mol. The summed E-state index contributed by atoms with van der Waals surface area (Å²) in [7, 11) is 0. The molecule has 0 radical (unpaired) electrons. The molecule has 1 aliphatic heterocycles. The van der Waals surface area contributed by atoms with Crippen LogP contribution in [-0.4, -0.2) is 37.1 Å². The molecule has 1 aromatic rings. The van der Waals surface area contributed by atoms with Crippen LogP contribution in [0.3, 0.4) is 0 Å². The SMILES string of the molecule is c1ccc(CC2CN(CC3CCCCC3)CCCN2)cc1. The van der Waals surface area contributed by atoms with Crippen molar-refractivity contribution in [1.82, 2.24) is 10.2 Å². The first-order valence-electron chi connectivity index (χ1n) is 8.90. The van der Waals surface area contributed by atoms with Gasteiger partial charge in [-0.05, 0) is 50.3 Å². The van der Waals surface area contributed by atoms with E-state index in [-0.39, 0.29) is 0 Å². The lowest BCUT2D eigenvalue weighted by Gasteiger charge is -2.30. The fourth-order valence-electron chi connectivity index (χ4n) is 4.01. The molecular formula is C19H30N2. The van der Waals surface area contributed by atoms with Crippen molar-refractivity contribution in [3.63, 3.8) is 0 Å². The predicted molar refractivity (Wildman–Crippen MR) is 89.6 cm³/mol. The van der Waals surface area contributed by atoms with Crippen LogP contribution in [0.1, 0.15) is 44.1 Å². The Labute approximate surface area is 129 Å². The number of nitrogens with zero attached hydrogens (tertiary/aromatic N) is 1. The first kappa shape index (κ1) is 15.1. The fourth-order valence-corrected chi connectivity index (χ4v) is 4.01. The molecule has 2 fully saturated rings. The molecule has 1 aliphatic carbocycles. The van der Waals surface area contributed by atoms with Crippen LogP contribution in [0.25, 0.3) is 0 Å². The second-order valence-electron chi connectivity index (χ2n) is 6.96. The van der Waals surface area contributed by atoms with Gasteiger partial charge in [-0.2, -0.15) is 0 Å². The highest BCUT2D eigenvalue weighted by atomic mass is 15.2. The first-order valence-corrected chi connectivity index (χ1v) is 8.90. The first-order chi connectivity index (χ1) is 10.4. The molecule has 0 spiro atoms. The maximum Gasteiger partial charge on any atom is 0.0235 e. The van der Waals surface area contributed by atoms with Crippen molar-refractivity contribution in [2.24, 2.45) is 5.92 Å². The summed E-state index contributed by atoms with van der Waals surface area (Å²) in [5.74, 6) is 0.967. The Hall–Kier alpha value is -0.860. The molecule has 1 N–H and O–H groups in total. The van der Waals surface area contributed by atoms with E-state index in [0.29, 0.717) is 6.04 Å². The number of rotatable bonds is 4. The van der Waals surface area contributed by atoms with Gasteiger partial charge < -0.3 is 10.2 Å². The Morgan fingerprint density at radius 3 is 2.62 bits per heavy atom. The van der Waals surface area contributed by atoms with Crippen LogP contribution in [0.2, 0.25) is 0 Å². The van der Waals surface area contributed by atoms with Crippen LogP contribution >= 0.6 is 0 Å². The second kappa shape index (κ2) is 7.95. The summed E-state index contributed by atoms with van der Waals surface area (Å²) in [6.45, 7) is 5.03. The highest BCUT2D eigenvalue weighted by Gasteiger charge is 2.22. The van der Waals surface area contributed by atoms with Crippen molar-refractivity contribution in [2.75, 3.05) is 26.2 Å². The summed E-state index contributed by atoms with van der Waals surface area (Å²) in [5.41, 5.74) is 1.47. The molecule has 1 heterocycles. The van der Waals surface area contributed by atoms with Crippen molar-refractivity contribution in [3.8, 4) is 0 Å².